The van der Waals surface area contributed by atoms with Crippen LogP contribution in [0.25, 0.3) is 0 Å². The van der Waals surface area contributed by atoms with Crippen molar-refractivity contribution in [1.29, 1.82) is 0 Å². The van der Waals surface area contributed by atoms with Gasteiger partial charge in [-0.3, -0.25) is 14.6 Å². The van der Waals surface area contributed by atoms with Gasteiger partial charge in [-0.1, -0.05) is 0 Å². The molecule has 2 aromatic heterocycles. The van der Waals surface area contributed by atoms with Gasteiger partial charge in [0.1, 0.15) is 5.76 Å². The number of rotatable bonds is 4. The molecule has 3 rings (SSSR count). The third-order valence-electron chi connectivity index (χ3n) is 4.51. The maximum Gasteiger partial charge on any atom is 0.287 e. The van der Waals surface area contributed by atoms with Crippen molar-refractivity contribution < 1.29 is 14.0 Å². The second-order valence-electron chi connectivity index (χ2n) is 6.27. The third-order valence-corrected chi connectivity index (χ3v) is 4.51. The van der Waals surface area contributed by atoms with Gasteiger partial charge in [-0.05, 0) is 37.6 Å². The molecule has 0 radical (unpaired) electrons. The van der Waals surface area contributed by atoms with E-state index in [0.29, 0.717) is 24.5 Å². The van der Waals surface area contributed by atoms with E-state index >= 15 is 0 Å². The SMILES string of the molecule is Cc1cc(C)c(C(=O)NC[C@@H]2CC(=O)N(C)[C@H]2c2ccncc2)o1. The van der Waals surface area contributed by atoms with Crippen LogP contribution in [0, 0.1) is 19.8 Å². The third kappa shape index (κ3) is 3.04. The fourth-order valence-corrected chi connectivity index (χ4v) is 3.36. The van der Waals surface area contributed by atoms with Crippen LogP contribution in [0.3, 0.4) is 0 Å². The predicted octanol–water partition coefficient (Wildman–Crippen LogP) is 2.24. The zero-order valence-corrected chi connectivity index (χ0v) is 14.1. The summed E-state index contributed by atoms with van der Waals surface area (Å²) in [5.41, 5.74) is 1.85. The fourth-order valence-electron chi connectivity index (χ4n) is 3.36. The van der Waals surface area contributed by atoms with E-state index in [9.17, 15) is 9.59 Å². The molecule has 24 heavy (non-hydrogen) atoms. The molecule has 3 heterocycles. The average Bonchev–Trinajstić information content (AvgIpc) is 3.05. The van der Waals surface area contributed by atoms with Crippen LogP contribution >= 0.6 is 0 Å². The number of hydrogen-bond acceptors (Lipinski definition) is 4. The summed E-state index contributed by atoms with van der Waals surface area (Å²) in [4.78, 5) is 30.2. The lowest BCUT2D eigenvalue weighted by Gasteiger charge is -2.25. The molecule has 0 bridgehead atoms. The van der Waals surface area contributed by atoms with Gasteiger partial charge in [0.25, 0.3) is 5.91 Å². The van der Waals surface area contributed by atoms with Crippen LogP contribution in [0.2, 0.25) is 0 Å². The molecule has 0 unspecified atom stereocenters. The molecule has 126 valence electrons. The van der Waals surface area contributed by atoms with E-state index in [1.807, 2.05) is 32.0 Å². The molecular weight excluding hydrogens is 306 g/mol. The summed E-state index contributed by atoms with van der Waals surface area (Å²) in [5, 5.41) is 2.91. The van der Waals surface area contributed by atoms with Gasteiger partial charge in [-0.2, -0.15) is 0 Å². The molecule has 0 aromatic carbocycles. The topological polar surface area (TPSA) is 75.4 Å². The molecule has 6 heteroatoms. The molecule has 0 aliphatic carbocycles. The monoisotopic (exact) mass is 327 g/mol. The smallest absolute Gasteiger partial charge is 0.287 e. The number of hydrogen-bond donors (Lipinski definition) is 1. The molecule has 1 saturated heterocycles. The van der Waals surface area contributed by atoms with Crippen molar-refractivity contribution in [3.05, 3.63) is 53.2 Å². The molecule has 2 amide bonds. The largest absolute Gasteiger partial charge is 0.456 e. The Morgan fingerprint density at radius 3 is 2.71 bits per heavy atom. The summed E-state index contributed by atoms with van der Waals surface area (Å²) >= 11 is 0. The minimum Gasteiger partial charge on any atom is -0.456 e. The number of carbonyl (C=O) groups excluding carboxylic acids is 2. The van der Waals surface area contributed by atoms with Crippen molar-refractivity contribution in [1.82, 2.24) is 15.2 Å². The second-order valence-corrected chi connectivity index (χ2v) is 6.27. The molecule has 6 nitrogen and oxygen atoms in total. The van der Waals surface area contributed by atoms with E-state index < -0.39 is 0 Å². The highest BCUT2D eigenvalue weighted by molar-refractivity contribution is 5.93. The number of pyridine rings is 1. The van der Waals surface area contributed by atoms with Crippen molar-refractivity contribution in [2.45, 2.75) is 26.3 Å². The first-order chi connectivity index (χ1) is 11.5. The maximum atomic E-state index is 12.3. The number of aromatic nitrogens is 1. The molecule has 0 spiro atoms. The Hall–Kier alpha value is -2.63. The molecule has 2 atom stereocenters. The van der Waals surface area contributed by atoms with Gasteiger partial charge in [-0.15, -0.1) is 0 Å². The summed E-state index contributed by atoms with van der Waals surface area (Å²) in [7, 11) is 1.80. The quantitative estimate of drug-likeness (QED) is 0.934. The van der Waals surface area contributed by atoms with Gasteiger partial charge in [0.2, 0.25) is 5.91 Å². The number of nitrogens with zero attached hydrogens (tertiary/aromatic N) is 2. The van der Waals surface area contributed by atoms with Gasteiger partial charge in [0, 0.05) is 43.9 Å². The lowest BCUT2D eigenvalue weighted by Crippen LogP contribution is -2.32. The minimum absolute atomic E-state index is 0.0187. The molecule has 1 aliphatic rings. The van der Waals surface area contributed by atoms with Crippen molar-refractivity contribution >= 4 is 11.8 Å². The Balaban J connectivity index is 1.72. The van der Waals surface area contributed by atoms with E-state index in [0.717, 1.165) is 11.1 Å². The van der Waals surface area contributed by atoms with Gasteiger partial charge >= 0.3 is 0 Å². The minimum atomic E-state index is -0.240. The van der Waals surface area contributed by atoms with Crippen LogP contribution < -0.4 is 5.32 Å². The summed E-state index contributed by atoms with van der Waals surface area (Å²) in [5.74, 6) is 0.913. The van der Waals surface area contributed by atoms with Crippen LogP contribution in [0.1, 0.15) is 39.9 Å². The molecule has 1 fully saturated rings. The number of aryl methyl sites for hydroxylation is 2. The first-order valence-corrected chi connectivity index (χ1v) is 7.98. The van der Waals surface area contributed by atoms with Crippen molar-refractivity contribution in [2.24, 2.45) is 5.92 Å². The predicted molar refractivity (Wildman–Crippen MR) is 88.4 cm³/mol. The average molecular weight is 327 g/mol. The fraction of sp³-hybridized carbons (Fsp3) is 0.389. The Labute approximate surface area is 140 Å². The van der Waals surface area contributed by atoms with Crippen LogP contribution in [0.4, 0.5) is 0 Å². The van der Waals surface area contributed by atoms with E-state index in [2.05, 4.69) is 10.3 Å². The number of likely N-dealkylation sites (tertiary alicyclic amines) is 1. The first kappa shape index (κ1) is 16.2. The number of carbonyl (C=O) groups is 2. The Bertz CT molecular complexity index is 754. The van der Waals surface area contributed by atoms with E-state index in [1.165, 1.54) is 0 Å². The van der Waals surface area contributed by atoms with Crippen LogP contribution in [-0.2, 0) is 4.79 Å². The number of nitrogens with one attached hydrogen (secondary N) is 1. The lowest BCUT2D eigenvalue weighted by atomic mass is 9.94. The molecule has 2 aromatic rings. The zero-order chi connectivity index (χ0) is 17.3. The summed E-state index contributed by atoms with van der Waals surface area (Å²) < 4.78 is 5.45. The van der Waals surface area contributed by atoms with E-state index in [-0.39, 0.29) is 23.8 Å². The molecule has 1 N–H and O–H groups in total. The highest BCUT2D eigenvalue weighted by Gasteiger charge is 2.38. The molecule has 1 aliphatic heterocycles. The van der Waals surface area contributed by atoms with E-state index in [1.54, 1.807) is 24.3 Å². The van der Waals surface area contributed by atoms with Crippen molar-refractivity contribution in [2.75, 3.05) is 13.6 Å². The number of furan rings is 1. The summed E-state index contributed by atoms with van der Waals surface area (Å²) in [6.45, 7) is 4.08. The van der Waals surface area contributed by atoms with E-state index in [4.69, 9.17) is 4.42 Å². The summed E-state index contributed by atoms with van der Waals surface area (Å²) in [6, 6.07) is 5.60. The Morgan fingerprint density at radius 2 is 2.08 bits per heavy atom. The maximum absolute atomic E-state index is 12.3. The second kappa shape index (κ2) is 6.47. The number of amides is 2. The Morgan fingerprint density at radius 1 is 1.38 bits per heavy atom. The standard InChI is InChI=1S/C18H21N3O3/c1-11-8-12(2)24-17(11)18(23)20-10-14-9-15(22)21(3)16(14)13-4-6-19-7-5-13/h4-8,14,16H,9-10H2,1-3H3,(H,20,23)/t14-,16-/m0/s1. The van der Waals surface area contributed by atoms with Gasteiger partial charge in [0.15, 0.2) is 5.76 Å². The van der Waals surface area contributed by atoms with Gasteiger partial charge in [-0.25, -0.2) is 0 Å². The highest BCUT2D eigenvalue weighted by atomic mass is 16.3. The highest BCUT2D eigenvalue weighted by Crippen LogP contribution is 2.36. The molecular formula is C18H21N3O3. The Kier molecular flexibility index (Phi) is 4.38. The summed E-state index contributed by atoms with van der Waals surface area (Å²) in [6.07, 6.45) is 3.85. The van der Waals surface area contributed by atoms with Crippen molar-refractivity contribution in [3.8, 4) is 0 Å². The normalized spacial score (nSPS) is 20.5. The first-order valence-electron chi connectivity index (χ1n) is 7.98. The molecule has 0 saturated carbocycles. The van der Waals surface area contributed by atoms with Crippen molar-refractivity contribution in [3.63, 3.8) is 0 Å². The zero-order valence-electron chi connectivity index (χ0n) is 14.1. The van der Waals surface area contributed by atoms with Gasteiger partial charge < -0.3 is 14.6 Å². The lowest BCUT2D eigenvalue weighted by molar-refractivity contribution is -0.127. The van der Waals surface area contributed by atoms with Crippen LogP contribution in [0.5, 0.6) is 0 Å². The van der Waals surface area contributed by atoms with Gasteiger partial charge in [0.05, 0.1) is 6.04 Å². The van der Waals surface area contributed by atoms with Crippen LogP contribution in [-0.4, -0.2) is 35.3 Å². The van der Waals surface area contributed by atoms with Crippen LogP contribution in [0.15, 0.2) is 35.0 Å².